The zero-order valence-corrected chi connectivity index (χ0v) is 21.5. The minimum absolute atomic E-state index is 0.00176. The molecule has 4 rings (SSSR count). The first-order chi connectivity index (χ1) is 16.3. The Morgan fingerprint density at radius 2 is 2.21 bits per heavy atom. The highest BCUT2D eigenvalue weighted by Crippen LogP contribution is 2.57. The highest BCUT2D eigenvalue weighted by atomic mass is 32.1. The quantitative estimate of drug-likeness (QED) is 0.468. The number of methoxy groups -OCH3 is 1. The topological polar surface area (TPSA) is 96.4 Å². The number of ether oxygens (including phenoxy) is 1. The molecule has 0 spiro atoms. The van der Waals surface area contributed by atoms with Gasteiger partial charge in [0.25, 0.3) is 0 Å². The van der Waals surface area contributed by atoms with E-state index >= 15 is 0 Å². The summed E-state index contributed by atoms with van der Waals surface area (Å²) in [5.74, 6) is -0.0280. The second-order valence-electron chi connectivity index (χ2n) is 10.2. The van der Waals surface area contributed by atoms with E-state index in [1.807, 2.05) is 31.3 Å². The molecule has 0 unspecified atom stereocenters. The van der Waals surface area contributed by atoms with Crippen LogP contribution in [0.15, 0.2) is 24.4 Å². The Morgan fingerprint density at radius 1 is 1.38 bits per heavy atom. The van der Waals surface area contributed by atoms with Crippen LogP contribution in [0.2, 0.25) is 0 Å². The summed E-state index contributed by atoms with van der Waals surface area (Å²) in [4.78, 5) is 23.4. The maximum Gasteiger partial charge on any atom is 0.223 e. The van der Waals surface area contributed by atoms with Gasteiger partial charge in [0.1, 0.15) is 0 Å². The summed E-state index contributed by atoms with van der Waals surface area (Å²) in [5.41, 5.74) is 2.20. The lowest BCUT2D eigenvalue weighted by molar-refractivity contribution is -0.135. The van der Waals surface area contributed by atoms with E-state index < -0.39 is 6.10 Å². The van der Waals surface area contributed by atoms with Gasteiger partial charge >= 0.3 is 0 Å². The fourth-order valence-corrected chi connectivity index (χ4v) is 7.39. The molecule has 0 saturated heterocycles. The molecular formula is C26H38N4O3S. The minimum Gasteiger partial charge on any atom is -0.392 e. The Hall–Kier alpha value is -2.03. The molecule has 6 atom stereocenters. The van der Waals surface area contributed by atoms with E-state index in [2.05, 4.69) is 29.5 Å². The second-order valence-corrected chi connectivity index (χ2v) is 11.3. The maximum absolute atomic E-state index is 12.7. The van der Waals surface area contributed by atoms with E-state index in [0.717, 1.165) is 48.7 Å². The van der Waals surface area contributed by atoms with Gasteiger partial charge in [0.05, 0.1) is 18.4 Å². The number of aromatic nitrogens is 2. The van der Waals surface area contributed by atoms with E-state index in [9.17, 15) is 9.90 Å². The molecule has 2 aromatic heterocycles. The summed E-state index contributed by atoms with van der Waals surface area (Å²) in [6.45, 7) is 8.25. The fraction of sp³-hybridized carbons (Fsp3) is 0.654. The summed E-state index contributed by atoms with van der Waals surface area (Å²) in [6.07, 6.45) is 4.97. The molecule has 8 heteroatoms. The number of rotatable bonds is 9. The number of carbonyl (C=O) groups excluding carboxylic acids is 1. The van der Waals surface area contributed by atoms with Crippen LogP contribution in [0.1, 0.15) is 55.8 Å². The number of amides is 1. The van der Waals surface area contributed by atoms with Crippen molar-refractivity contribution >= 4 is 22.4 Å². The molecule has 0 aliphatic heterocycles. The molecule has 186 valence electrons. The Bertz CT molecular complexity index is 968. The number of carbonyl (C=O) groups is 1. The molecule has 7 nitrogen and oxygen atoms in total. The van der Waals surface area contributed by atoms with Crippen LogP contribution in [0, 0.1) is 23.2 Å². The number of aliphatic hydroxyl groups is 1. The van der Waals surface area contributed by atoms with Crippen LogP contribution in [0.4, 0.5) is 5.13 Å². The van der Waals surface area contributed by atoms with Gasteiger partial charge in [-0.1, -0.05) is 26.8 Å². The average Bonchev–Trinajstić information content (AvgIpc) is 3.22. The van der Waals surface area contributed by atoms with Crippen molar-refractivity contribution in [1.29, 1.82) is 0 Å². The number of nitrogens with zero attached hydrogens (tertiary/aromatic N) is 2. The molecule has 1 fully saturated rings. The van der Waals surface area contributed by atoms with Gasteiger partial charge in [-0.2, -0.15) is 0 Å². The van der Waals surface area contributed by atoms with Crippen molar-refractivity contribution in [2.45, 2.75) is 58.5 Å². The maximum atomic E-state index is 12.7. The highest BCUT2D eigenvalue weighted by molar-refractivity contribution is 7.15. The Kier molecular flexibility index (Phi) is 7.90. The molecule has 0 aromatic carbocycles. The molecule has 34 heavy (non-hydrogen) atoms. The lowest BCUT2D eigenvalue weighted by Gasteiger charge is -2.53. The summed E-state index contributed by atoms with van der Waals surface area (Å²) in [5, 5.41) is 18.9. The Morgan fingerprint density at radius 3 is 2.94 bits per heavy atom. The zero-order valence-electron chi connectivity index (χ0n) is 20.7. The Balaban J connectivity index is 1.44. The molecule has 1 saturated carbocycles. The van der Waals surface area contributed by atoms with Crippen LogP contribution < -0.4 is 10.6 Å². The van der Waals surface area contributed by atoms with E-state index in [4.69, 9.17) is 9.72 Å². The monoisotopic (exact) mass is 486 g/mol. The number of hydrogen-bond donors (Lipinski definition) is 3. The highest BCUT2D eigenvalue weighted by Gasteiger charge is 2.53. The summed E-state index contributed by atoms with van der Waals surface area (Å²) in [7, 11) is 1.62. The van der Waals surface area contributed by atoms with E-state index in [0.29, 0.717) is 13.2 Å². The number of thiazole rings is 1. The third kappa shape index (κ3) is 5.14. The van der Waals surface area contributed by atoms with Gasteiger partial charge in [-0.3, -0.25) is 9.78 Å². The predicted molar refractivity (Wildman–Crippen MR) is 135 cm³/mol. The molecule has 1 amide bonds. The van der Waals surface area contributed by atoms with Crippen molar-refractivity contribution in [1.82, 2.24) is 15.3 Å². The van der Waals surface area contributed by atoms with Crippen molar-refractivity contribution in [3.8, 4) is 0 Å². The Labute approximate surface area is 206 Å². The van der Waals surface area contributed by atoms with Crippen molar-refractivity contribution in [2.75, 3.05) is 32.1 Å². The number of anilines is 1. The zero-order chi connectivity index (χ0) is 24.3. The van der Waals surface area contributed by atoms with Crippen LogP contribution in [0.3, 0.4) is 0 Å². The van der Waals surface area contributed by atoms with Crippen LogP contribution in [0.5, 0.6) is 0 Å². The number of aliphatic hydroxyl groups excluding tert-OH is 1. The second kappa shape index (κ2) is 10.7. The van der Waals surface area contributed by atoms with Gasteiger partial charge in [0.15, 0.2) is 5.13 Å². The van der Waals surface area contributed by atoms with E-state index in [1.54, 1.807) is 18.4 Å². The number of nitrogens with one attached hydrogen (secondary N) is 2. The van der Waals surface area contributed by atoms with Crippen LogP contribution in [-0.4, -0.2) is 53.9 Å². The standard InChI is InChI=1S/C26H38N4O3S/c1-16(24(32)28-13-14-33-4)19-8-10-26(3)15-20-22(17(2)21(26)23(19)31)30-25(34-20)29-12-9-18-7-5-6-11-27-18/h5-7,11,16-17,19,21,23,31H,8-10,12-15H2,1-4H3,(H,28,32)(H,29,30)/t16-,17-,19-,21+,23-,26-/m0/s1. The predicted octanol–water partition coefficient (Wildman–Crippen LogP) is 3.64. The minimum atomic E-state index is -0.521. The van der Waals surface area contributed by atoms with Crippen molar-refractivity contribution < 1.29 is 14.6 Å². The first-order valence-corrected chi connectivity index (χ1v) is 13.2. The van der Waals surface area contributed by atoms with Crippen LogP contribution >= 0.6 is 11.3 Å². The third-order valence-electron chi connectivity index (χ3n) is 7.97. The van der Waals surface area contributed by atoms with Crippen LogP contribution in [-0.2, 0) is 22.4 Å². The number of pyridine rings is 1. The molecular weight excluding hydrogens is 448 g/mol. The molecule has 2 aliphatic rings. The largest absolute Gasteiger partial charge is 0.392 e. The molecule has 2 heterocycles. The normalized spacial score (nSPS) is 29.1. The molecule has 2 aliphatic carbocycles. The van der Waals surface area contributed by atoms with Gasteiger partial charge < -0.3 is 20.5 Å². The first kappa shape index (κ1) is 25.1. The van der Waals surface area contributed by atoms with Crippen molar-refractivity contribution in [3.05, 3.63) is 40.7 Å². The summed E-state index contributed by atoms with van der Waals surface area (Å²) >= 11 is 1.75. The lowest BCUT2D eigenvalue weighted by Crippen LogP contribution is -2.53. The van der Waals surface area contributed by atoms with E-state index in [-0.39, 0.29) is 35.0 Å². The first-order valence-electron chi connectivity index (χ1n) is 12.4. The molecule has 0 radical (unpaired) electrons. The van der Waals surface area contributed by atoms with Crippen molar-refractivity contribution in [3.63, 3.8) is 0 Å². The van der Waals surface area contributed by atoms with Crippen LogP contribution in [0.25, 0.3) is 0 Å². The van der Waals surface area contributed by atoms with Gasteiger partial charge in [-0.15, -0.1) is 11.3 Å². The molecule has 3 N–H and O–H groups in total. The van der Waals surface area contributed by atoms with Gasteiger partial charge in [0.2, 0.25) is 5.91 Å². The number of hydrogen-bond acceptors (Lipinski definition) is 7. The average molecular weight is 487 g/mol. The summed E-state index contributed by atoms with van der Waals surface area (Å²) < 4.78 is 5.04. The van der Waals surface area contributed by atoms with E-state index in [1.165, 1.54) is 4.88 Å². The SMILES string of the molecule is COCCNC(=O)[C@@H](C)[C@@H]1CC[C@@]2(C)Cc3sc(NCCc4ccccn4)nc3[C@@H](C)[C@@H]2[C@H]1O. The molecule has 2 aromatic rings. The third-order valence-corrected chi connectivity index (χ3v) is 9.00. The molecule has 0 bridgehead atoms. The number of fused-ring (bicyclic) bond motifs is 2. The lowest BCUT2D eigenvalue weighted by atomic mass is 9.53. The van der Waals surface area contributed by atoms with Crippen molar-refractivity contribution in [2.24, 2.45) is 23.2 Å². The van der Waals surface area contributed by atoms with Gasteiger partial charge in [-0.25, -0.2) is 4.98 Å². The summed E-state index contributed by atoms with van der Waals surface area (Å²) in [6, 6.07) is 5.98. The van der Waals surface area contributed by atoms with Gasteiger partial charge in [-0.05, 0) is 48.6 Å². The van der Waals surface area contributed by atoms with Gasteiger partial charge in [0, 0.05) is 55.2 Å². The smallest absolute Gasteiger partial charge is 0.223 e. The fourth-order valence-electron chi connectivity index (χ4n) is 6.10.